The van der Waals surface area contributed by atoms with E-state index in [1.54, 1.807) is 0 Å². The van der Waals surface area contributed by atoms with Crippen molar-refractivity contribution in [2.75, 3.05) is 11.9 Å². The molecule has 0 spiro atoms. The van der Waals surface area contributed by atoms with Gasteiger partial charge in [-0.05, 0) is 18.6 Å². The second kappa shape index (κ2) is 5.71. The van der Waals surface area contributed by atoms with Gasteiger partial charge in [-0.3, -0.25) is 4.79 Å². The molecule has 0 atom stereocenters. The highest BCUT2D eigenvalue weighted by Crippen LogP contribution is 2.26. The van der Waals surface area contributed by atoms with E-state index in [2.05, 4.69) is 12.2 Å². The van der Waals surface area contributed by atoms with Crippen LogP contribution in [0.2, 0.25) is 0 Å². The monoisotopic (exact) mass is 235 g/mol. The molecular formula is C14H21NO2. The molecule has 0 unspecified atom stereocenters. The van der Waals surface area contributed by atoms with E-state index < -0.39 is 5.41 Å². The lowest BCUT2D eigenvalue weighted by Crippen LogP contribution is -2.27. The molecule has 17 heavy (non-hydrogen) atoms. The second-order valence-electron chi connectivity index (χ2n) is 5.05. The summed E-state index contributed by atoms with van der Waals surface area (Å²) in [5, 5.41) is 2.90. The van der Waals surface area contributed by atoms with Gasteiger partial charge in [0, 0.05) is 5.41 Å². The van der Waals surface area contributed by atoms with Crippen LogP contribution in [-0.4, -0.2) is 12.5 Å². The number of carbonyl (C=O) groups excluding carboxylic acids is 1. The summed E-state index contributed by atoms with van der Waals surface area (Å²) in [6, 6.07) is 7.51. The fraction of sp³-hybridized carbons (Fsp3) is 0.500. The van der Waals surface area contributed by atoms with Gasteiger partial charge in [0.25, 0.3) is 0 Å². The lowest BCUT2D eigenvalue weighted by Gasteiger charge is -2.19. The van der Waals surface area contributed by atoms with Crippen LogP contribution in [0.1, 0.15) is 34.1 Å². The normalized spacial score (nSPS) is 11.1. The van der Waals surface area contributed by atoms with Crippen molar-refractivity contribution >= 4 is 11.6 Å². The number of hydrogen-bond donors (Lipinski definition) is 1. The molecule has 94 valence electrons. The van der Waals surface area contributed by atoms with Crippen LogP contribution in [0.4, 0.5) is 5.69 Å². The number of carbonyl (C=O) groups is 1. The maximum atomic E-state index is 11.9. The lowest BCUT2D eigenvalue weighted by molar-refractivity contribution is -0.123. The summed E-state index contributed by atoms with van der Waals surface area (Å²) in [6.45, 7) is 8.37. The van der Waals surface area contributed by atoms with Gasteiger partial charge in [-0.2, -0.15) is 0 Å². The van der Waals surface area contributed by atoms with Crippen LogP contribution in [0.15, 0.2) is 24.3 Å². The van der Waals surface area contributed by atoms with Crippen LogP contribution in [-0.2, 0) is 4.79 Å². The minimum absolute atomic E-state index is 0.00921. The second-order valence-corrected chi connectivity index (χ2v) is 5.05. The first kappa shape index (κ1) is 13.6. The molecule has 1 aromatic rings. The predicted octanol–water partition coefficient (Wildman–Crippen LogP) is 3.46. The Labute approximate surface area is 103 Å². The Morgan fingerprint density at radius 3 is 2.53 bits per heavy atom. The van der Waals surface area contributed by atoms with Gasteiger partial charge in [0.15, 0.2) is 0 Å². The van der Waals surface area contributed by atoms with Crippen LogP contribution < -0.4 is 10.1 Å². The number of benzene rings is 1. The zero-order chi connectivity index (χ0) is 12.9. The summed E-state index contributed by atoms with van der Waals surface area (Å²) >= 11 is 0. The van der Waals surface area contributed by atoms with Crippen molar-refractivity contribution in [2.24, 2.45) is 5.41 Å². The molecular weight excluding hydrogens is 214 g/mol. The summed E-state index contributed by atoms with van der Waals surface area (Å²) in [5.41, 5.74) is 0.332. The Balaban J connectivity index is 2.80. The number of hydrogen-bond acceptors (Lipinski definition) is 2. The average Bonchev–Trinajstić information content (AvgIpc) is 2.26. The van der Waals surface area contributed by atoms with Crippen molar-refractivity contribution in [3.63, 3.8) is 0 Å². The average molecular weight is 235 g/mol. The van der Waals surface area contributed by atoms with Gasteiger partial charge >= 0.3 is 0 Å². The number of para-hydroxylation sites is 2. The number of ether oxygens (including phenoxy) is 1. The van der Waals surface area contributed by atoms with Crippen LogP contribution in [0.5, 0.6) is 5.75 Å². The fourth-order valence-corrected chi connectivity index (χ4v) is 1.22. The van der Waals surface area contributed by atoms with Crippen LogP contribution >= 0.6 is 0 Å². The van der Waals surface area contributed by atoms with Crippen molar-refractivity contribution in [1.29, 1.82) is 0 Å². The summed E-state index contributed by atoms with van der Waals surface area (Å²) in [4.78, 5) is 11.9. The molecule has 1 rings (SSSR count). The van der Waals surface area contributed by atoms with E-state index in [1.165, 1.54) is 0 Å². The smallest absolute Gasteiger partial charge is 0.229 e. The third kappa shape index (κ3) is 4.10. The van der Waals surface area contributed by atoms with Crippen LogP contribution in [0, 0.1) is 5.41 Å². The first-order valence-electron chi connectivity index (χ1n) is 5.98. The highest BCUT2D eigenvalue weighted by molar-refractivity contribution is 5.95. The summed E-state index contributed by atoms with van der Waals surface area (Å²) in [7, 11) is 0. The Kier molecular flexibility index (Phi) is 4.55. The van der Waals surface area contributed by atoms with E-state index in [9.17, 15) is 4.79 Å². The minimum atomic E-state index is -0.405. The van der Waals surface area contributed by atoms with Crippen molar-refractivity contribution in [2.45, 2.75) is 34.1 Å². The standard InChI is InChI=1S/C14H21NO2/c1-5-10-17-12-9-7-6-8-11(12)15-13(16)14(2,3)4/h6-9H,5,10H2,1-4H3,(H,15,16). The minimum Gasteiger partial charge on any atom is -0.491 e. The highest BCUT2D eigenvalue weighted by atomic mass is 16.5. The van der Waals surface area contributed by atoms with Crippen molar-refractivity contribution < 1.29 is 9.53 Å². The van der Waals surface area contributed by atoms with Gasteiger partial charge < -0.3 is 10.1 Å². The van der Waals surface area contributed by atoms with E-state index in [0.29, 0.717) is 6.61 Å². The maximum absolute atomic E-state index is 11.9. The molecule has 1 N–H and O–H groups in total. The zero-order valence-electron chi connectivity index (χ0n) is 11.0. The van der Waals surface area contributed by atoms with E-state index >= 15 is 0 Å². The SMILES string of the molecule is CCCOc1ccccc1NC(=O)C(C)(C)C. The Bertz CT molecular complexity index is 380. The Hall–Kier alpha value is -1.51. The molecule has 0 heterocycles. The third-order valence-corrected chi connectivity index (χ3v) is 2.28. The van der Waals surface area contributed by atoms with Crippen LogP contribution in [0.25, 0.3) is 0 Å². The van der Waals surface area contributed by atoms with E-state index in [4.69, 9.17) is 4.74 Å². The van der Waals surface area contributed by atoms with E-state index in [-0.39, 0.29) is 5.91 Å². The Morgan fingerprint density at radius 1 is 1.29 bits per heavy atom. The highest BCUT2D eigenvalue weighted by Gasteiger charge is 2.22. The molecule has 0 aliphatic rings. The lowest BCUT2D eigenvalue weighted by atomic mass is 9.95. The van der Waals surface area contributed by atoms with Crippen LogP contribution in [0.3, 0.4) is 0 Å². The van der Waals surface area contributed by atoms with Gasteiger partial charge in [0.1, 0.15) is 5.75 Å². The number of amides is 1. The van der Waals surface area contributed by atoms with Gasteiger partial charge in [-0.1, -0.05) is 39.8 Å². The molecule has 1 amide bonds. The van der Waals surface area contributed by atoms with Gasteiger partial charge in [0.05, 0.1) is 12.3 Å². The fourth-order valence-electron chi connectivity index (χ4n) is 1.22. The molecule has 0 fully saturated rings. The summed E-state index contributed by atoms with van der Waals surface area (Å²) in [6.07, 6.45) is 0.946. The van der Waals surface area contributed by atoms with Gasteiger partial charge in [-0.15, -0.1) is 0 Å². The van der Waals surface area contributed by atoms with Gasteiger partial charge in [-0.25, -0.2) is 0 Å². The largest absolute Gasteiger partial charge is 0.491 e. The topological polar surface area (TPSA) is 38.3 Å². The number of anilines is 1. The maximum Gasteiger partial charge on any atom is 0.229 e. The van der Waals surface area contributed by atoms with E-state index in [1.807, 2.05) is 45.0 Å². The predicted molar refractivity (Wildman–Crippen MR) is 70.3 cm³/mol. The summed E-state index contributed by atoms with van der Waals surface area (Å²) < 4.78 is 5.59. The van der Waals surface area contributed by atoms with Crippen molar-refractivity contribution in [3.8, 4) is 5.75 Å². The Morgan fingerprint density at radius 2 is 1.94 bits per heavy atom. The number of rotatable bonds is 4. The zero-order valence-corrected chi connectivity index (χ0v) is 11.0. The molecule has 0 saturated carbocycles. The molecule has 1 aromatic carbocycles. The first-order chi connectivity index (χ1) is 7.95. The molecule has 0 aliphatic heterocycles. The van der Waals surface area contributed by atoms with Gasteiger partial charge in [0.2, 0.25) is 5.91 Å². The first-order valence-corrected chi connectivity index (χ1v) is 5.98. The number of nitrogens with one attached hydrogen (secondary N) is 1. The molecule has 0 aromatic heterocycles. The molecule has 0 radical (unpaired) electrons. The molecule has 0 saturated heterocycles. The third-order valence-electron chi connectivity index (χ3n) is 2.28. The molecule has 3 nitrogen and oxygen atoms in total. The van der Waals surface area contributed by atoms with Crippen molar-refractivity contribution in [3.05, 3.63) is 24.3 Å². The quantitative estimate of drug-likeness (QED) is 0.868. The van der Waals surface area contributed by atoms with Crippen molar-refractivity contribution in [1.82, 2.24) is 0 Å². The molecule has 0 aliphatic carbocycles. The van der Waals surface area contributed by atoms with E-state index in [0.717, 1.165) is 17.9 Å². The molecule has 0 bridgehead atoms. The molecule has 3 heteroatoms. The summed E-state index contributed by atoms with van der Waals surface area (Å²) in [5.74, 6) is 0.719.